The first-order chi connectivity index (χ1) is 6.16. The van der Waals surface area contributed by atoms with E-state index in [1.807, 2.05) is 0 Å². The zero-order chi connectivity index (χ0) is 9.47. The van der Waals surface area contributed by atoms with Crippen LogP contribution in [-0.2, 0) is 5.41 Å². The molecule has 0 saturated heterocycles. The first-order valence-electron chi connectivity index (χ1n) is 4.67. The molecule has 0 heterocycles. The average molecular weight is 173 g/mol. The summed E-state index contributed by atoms with van der Waals surface area (Å²) >= 11 is 0. The minimum atomic E-state index is 0.130. The lowest BCUT2D eigenvalue weighted by Crippen LogP contribution is -2.22. The van der Waals surface area contributed by atoms with Gasteiger partial charge in [-0.3, -0.25) is 0 Å². The third-order valence-electron chi connectivity index (χ3n) is 2.99. The van der Waals surface area contributed by atoms with Gasteiger partial charge in [-0.2, -0.15) is 0 Å². The summed E-state index contributed by atoms with van der Waals surface area (Å²) in [5, 5.41) is 0. The van der Waals surface area contributed by atoms with Gasteiger partial charge in [0.1, 0.15) is 0 Å². The molecule has 2 N–H and O–H groups in total. The standard InChI is InChI=1S/C12H15N/c1-12(2)10(8-13)7-9-5-3-4-6-11(9)12/h3-7H,8,13H2,1-2H3. The highest BCUT2D eigenvalue weighted by Gasteiger charge is 2.31. The van der Waals surface area contributed by atoms with Gasteiger partial charge in [-0.15, -0.1) is 0 Å². The molecule has 0 fully saturated rings. The van der Waals surface area contributed by atoms with Crippen LogP contribution >= 0.6 is 0 Å². The van der Waals surface area contributed by atoms with E-state index < -0.39 is 0 Å². The van der Waals surface area contributed by atoms with Crippen LogP contribution in [0.3, 0.4) is 0 Å². The van der Waals surface area contributed by atoms with Crippen LogP contribution in [0.15, 0.2) is 29.8 Å². The molecule has 2 rings (SSSR count). The molecule has 0 bridgehead atoms. The Kier molecular flexibility index (Phi) is 1.77. The lowest BCUT2D eigenvalue weighted by atomic mass is 9.81. The van der Waals surface area contributed by atoms with Crippen molar-refractivity contribution in [2.75, 3.05) is 6.54 Å². The number of hydrogen-bond donors (Lipinski definition) is 1. The molecule has 0 aromatic heterocycles. The van der Waals surface area contributed by atoms with Gasteiger partial charge in [-0.25, -0.2) is 0 Å². The van der Waals surface area contributed by atoms with Crippen LogP contribution in [-0.4, -0.2) is 6.54 Å². The summed E-state index contributed by atoms with van der Waals surface area (Å²) in [6.45, 7) is 5.12. The topological polar surface area (TPSA) is 26.0 Å². The van der Waals surface area contributed by atoms with Crippen molar-refractivity contribution in [3.05, 3.63) is 41.0 Å². The van der Waals surface area contributed by atoms with E-state index in [4.69, 9.17) is 5.73 Å². The highest BCUT2D eigenvalue weighted by molar-refractivity contribution is 5.69. The fourth-order valence-electron chi connectivity index (χ4n) is 2.05. The van der Waals surface area contributed by atoms with Gasteiger partial charge in [0.15, 0.2) is 0 Å². The summed E-state index contributed by atoms with van der Waals surface area (Å²) in [7, 11) is 0. The van der Waals surface area contributed by atoms with Gasteiger partial charge in [-0.1, -0.05) is 44.2 Å². The maximum Gasteiger partial charge on any atom is 0.0148 e. The Balaban J connectivity index is 2.58. The average Bonchev–Trinajstić information content (AvgIpc) is 2.39. The van der Waals surface area contributed by atoms with Gasteiger partial charge in [-0.05, 0) is 16.7 Å². The molecule has 1 aliphatic rings. The van der Waals surface area contributed by atoms with Crippen molar-refractivity contribution in [3.63, 3.8) is 0 Å². The van der Waals surface area contributed by atoms with E-state index in [2.05, 4.69) is 44.2 Å². The molecule has 1 aliphatic carbocycles. The lowest BCUT2D eigenvalue weighted by molar-refractivity contribution is 0.627. The SMILES string of the molecule is CC1(C)C(CN)=Cc2ccccc21. The first kappa shape index (κ1) is 8.52. The van der Waals surface area contributed by atoms with Crippen LogP contribution in [0.1, 0.15) is 25.0 Å². The first-order valence-corrected chi connectivity index (χ1v) is 4.67. The van der Waals surface area contributed by atoms with E-state index in [9.17, 15) is 0 Å². The Hall–Kier alpha value is -1.08. The molecule has 0 amide bonds. The van der Waals surface area contributed by atoms with E-state index >= 15 is 0 Å². The van der Waals surface area contributed by atoms with Crippen molar-refractivity contribution in [2.24, 2.45) is 5.73 Å². The minimum Gasteiger partial charge on any atom is -0.327 e. The van der Waals surface area contributed by atoms with Gasteiger partial charge in [0, 0.05) is 12.0 Å². The number of nitrogens with two attached hydrogens (primary N) is 1. The molecule has 0 radical (unpaired) electrons. The van der Waals surface area contributed by atoms with Gasteiger partial charge in [0.2, 0.25) is 0 Å². The quantitative estimate of drug-likeness (QED) is 0.693. The highest BCUT2D eigenvalue weighted by Crippen LogP contribution is 2.40. The zero-order valence-electron chi connectivity index (χ0n) is 8.17. The lowest BCUT2D eigenvalue weighted by Gasteiger charge is -2.23. The second-order valence-electron chi connectivity index (χ2n) is 4.09. The van der Waals surface area contributed by atoms with Gasteiger partial charge >= 0.3 is 0 Å². The van der Waals surface area contributed by atoms with Crippen LogP contribution in [0, 0.1) is 0 Å². The Morgan fingerprint density at radius 2 is 1.92 bits per heavy atom. The largest absolute Gasteiger partial charge is 0.327 e. The van der Waals surface area contributed by atoms with Crippen molar-refractivity contribution in [1.82, 2.24) is 0 Å². The zero-order valence-corrected chi connectivity index (χ0v) is 8.17. The summed E-state index contributed by atoms with van der Waals surface area (Å²) in [6.07, 6.45) is 2.22. The molecule has 0 saturated carbocycles. The summed E-state index contributed by atoms with van der Waals surface area (Å²) in [5.74, 6) is 0. The van der Waals surface area contributed by atoms with Gasteiger partial charge < -0.3 is 5.73 Å². The van der Waals surface area contributed by atoms with Gasteiger partial charge in [0.25, 0.3) is 0 Å². The predicted molar refractivity (Wildman–Crippen MR) is 56.5 cm³/mol. The Bertz CT molecular complexity index is 361. The Morgan fingerprint density at radius 3 is 2.54 bits per heavy atom. The van der Waals surface area contributed by atoms with Crippen molar-refractivity contribution >= 4 is 6.08 Å². The van der Waals surface area contributed by atoms with Crippen molar-refractivity contribution < 1.29 is 0 Å². The molecule has 68 valence electrons. The van der Waals surface area contributed by atoms with E-state index in [-0.39, 0.29) is 5.41 Å². The van der Waals surface area contributed by atoms with Crippen LogP contribution in [0.25, 0.3) is 6.08 Å². The molecule has 1 nitrogen and oxygen atoms in total. The number of rotatable bonds is 1. The second-order valence-corrected chi connectivity index (χ2v) is 4.09. The third kappa shape index (κ3) is 1.11. The summed E-state index contributed by atoms with van der Waals surface area (Å²) in [5.41, 5.74) is 9.90. The van der Waals surface area contributed by atoms with Crippen molar-refractivity contribution in [2.45, 2.75) is 19.3 Å². The monoisotopic (exact) mass is 173 g/mol. The molecule has 0 aliphatic heterocycles. The normalized spacial score (nSPS) is 18.2. The second kappa shape index (κ2) is 2.71. The Morgan fingerprint density at radius 1 is 1.23 bits per heavy atom. The molecule has 13 heavy (non-hydrogen) atoms. The molecular weight excluding hydrogens is 158 g/mol. The highest BCUT2D eigenvalue weighted by atomic mass is 14.6. The fraction of sp³-hybridized carbons (Fsp3) is 0.333. The summed E-state index contributed by atoms with van der Waals surface area (Å²) in [4.78, 5) is 0. The maximum absolute atomic E-state index is 5.72. The third-order valence-corrected chi connectivity index (χ3v) is 2.99. The fourth-order valence-corrected chi connectivity index (χ4v) is 2.05. The summed E-state index contributed by atoms with van der Waals surface area (Å²) in [6, 6.07) is 8.51. The predicted octanol–water partition coefficient (Wildman–Crippen LogP) is 2.32. The van der Waals surface area contributed by atoms with Crippen LogP contribution in [0.5, 0.6) is 0 Å². The van der Waals surface area contributed by atoms with Crippen LogP contribution < -0.4 is 5.73 Å². The minimum absolute atomic E-state index is 0.130. The van der Waals surface area contributed by atoms with Crippen LogP contribution in [0.4, 0.5) is 0 Å². The molecule has 1 heteroatoms. The van der Waals surface area contributed by atoms with Crippen molar-refractivity contribution in [1.29, 1.82) is 0 Å². The van der Waals surface area contributed by atoms with Crippen molar-refractivity contribution in [3.8, 4) is 0 Å². The van der Waals surface area contributed by atoms with Gasteiger partial charge in [0.05, 0.1) is 0 Å². The molecular formula is C12H15N. The molecule has 1 aromatic rings. The maximum atomic E-state index is 5.72. The molecule has 0 atom stereocenters. The summed E-state index contributed by atoms with van der Waals surface area (Å²) < 4.78 is 0. The van der Waals surface area contributed by atoms with E-state index in [0.717, 1.165) is 0 Å². The molecule has 0 spiro atoms. The Labute approximate surface area is 79.3 Å². The van der Waals surface area contributed by atoms with E-state index in [1.54, 1.807) is 0 Å². The number of benzene rings is 1. The number of fused-ring (bicyclic) bond motifs is 1. The number of hydrogen-bond acceptors (Lipinski definition) is 1. The van der Waals surface area contributed by atoms with E-state index in [0.29, 0.717) is 6.54 Å². The molecule has 1 aromatic carbocycles. The molecule has 0 unspecified atom stereocenters. The van der Waals surface area contributed by atoms with Crippen LogP contribution in [0.2, 0.25) is 0 Å². The van der Waals surface area contributed by atoms with E-state index in [1.165, 1.54) is 16.7 Å². The smallest absolute Gasteiger partial charge is 0.0148 e.